The first-order valence-corrected chi connectivity index (χ1v) is 14.5. The third-order valence-electron chi connectivity index (χ3n) is 5.67. The van der Waals surface area contributed by atoms with Gasteiger partial charge in [0.2, 0.25) is 10.0 Å². The highest BCUT2D eigenvalue weighted by Gasteiger charge is 2.26. The Bertz CT molecular complexity index is 1240. The van der Waals surface area contributed by atoms with Crippen LogP contribution in [0.15, 0.2) is 23.1 Å². The molecular formula is C22H29IN4O3S2. The van der Waals surface area contributed by atoms with Crippen molar-refractivity contribution in [1.82, 2.24) is 12.5 Å². The fourth-order valence-electron chi connectivity index (χ4n) is 3.65. The molecular weight excluding hydrogens is 559 g/mol. The minimum Gasteiger partial charge on any atom is -0.386 e. The zero-order chi connectivity index (χ0) is 23.7. The van der Waals surface area contributed by atoms with Crippen molar-refractivity contribution >= 4 is 46.8 Å². The molecule has 7 nitrogen and oxygen atoms in total. The first kappa shape index (κ1) is 25.2. The summed E-state index contributed by atoms with van der Waals surface area (Å²) in [6.45, 7) is 7.28. The molecule has 0 spiro atoms. The Kier molecular flexibility index (Phi) is 7.77. The van der Waals surface area contributed by atoms with Crippen LogP contribution in [0.5, 0.6) is 0 Å². The van der Waals surface area contributed by atoms with Crippen molar-refractivity contribution < 1.29 is 13.5 Å². The number of hydrogen-bond acceptors (Lipinski definition) is 5. The van der Waals surface area contributed by atoms with Gasteiger partial charge in [-0.2, -0.15) is 5.26 Å². The number of aromatic nitrogens is 2. The molecule has 0 amide bonds. The number of nitrogens with zero attached hydrogens (tertiary/aromatic N) is 2. The van der Waals surface area contributed by atoms with Crippen molar-refractivity contribution in [3.05, 3.63) is 34.2 Å². The second-order valence-corrected chi connectivity index (χ2v) is 13.8. The van der Waals surface area contributed by atoms with E-state index in [-0.39, 0.29) is 16.5 Å². The number of nitriles is 1. The highest BCUT2D eigenvalue weighted by atomic mass is 127. The molecule has 1 aliphatic rings. The van der Waals surface area contributed by atoms with Gasteiger partial charge < -0.3 is 10.1 Å². The lowest BCUT2D eigenvalue weighted by Crippen LogP contribution is -2.36. The Hall–Kier alpha value is -1.39. The van der Waals surface area contributed by atoms with E-state index in [0.717, 1.165) is 47.0 Å². The molecule has 0 aliphatic heterocycles. The summed E-state index contributed by atoms with van der Waals surface area (Å²) in [6, 6.07) is 6.79. The molecule has 0 bridgehead atoms. The van der Waals surface area contributed by atoms with Crippen molar-refractivity contribution in [2.45, 2.75) is 76.3 Å². The number of aromatic amines is 1. The van der Waals surface area contributed by atoms with Crippen molar-refractivity contribution in [2.75, 3.05) is 0 Å². The highest BCUT2D eigenvalue weighted by Crippen LogP contribution is 2.32. The van der Waals surface area contributed by atoms with Gasteiger partial charge in [-0.15, -0.1) is 0 Å². The van der Waals surface area contributed by atoms with Crippen LogP contribution in [0.2, 0.25) is 0 Å². The van der Waals surface area contributed by atoms with Gasteiger partial charge in [0, 0.05) is 41.8 Å². The van der Waals surface area contributed by atoms with E-state index in [9.17, 15) is 18.8 Å². The van der Waals surface area contributed by atoms with Crippen LogP contribution in [-0.4, -0.2) is 36.4 Å². The molecule has 10 heteroatoms. The molecule has 3 N–H and O–H groups in total. The summed E-state index contributed by atoms with van der Waals surface area (Å²) in [7, 11) is -3.85. The Morgan fingerprint density at radius 1 is 1.34 bits per heavy atom. The summed E-state index contributed by atoms with van der Waals surface area (Å²) in [5.74, 6) is 0. The maximum atomic E-state index is 13.2. The largest absolute Gasteiger partial charge is 0.386 e. The van der Waals surface area contributed by atoms with Crippen LogP contribution in [0, 0.1) is 23.0 Å². The summed E-state index contributed by atoms with van der Waals surface area (Å²) in [5.41, 5.74) is 1.44. The minimum atomic E-state index is -3.85. The molecule has 3 rings (SSSR count). The number of aliphatic hydroxyl groups is 1. The number of rotatable bonds is 6. The molecule has 1 fully saturated rings. The fraction of sp³-hybridized carbons (Fsp3) is 0.500. The number of imidazole rings is 1. The van der Waals surface area contributed by atoms with Gasteiger partial charge in [0.05, 0.1) is 16.9 Å². The predicted octanol–water partition coefficient (Wildman–Crippen LogP) is 4.70. The van der Waals surface area contributed by atoms with Gasteiger partial charge in [-0.1, -0.05) is 25.3 Å². The molecule has 0 radical (unpaired) electrons. The number of aryl methyl sites for hydroxylation is 1. The lowest BCUT2D eigenvalue weighted by Gasteiger charge is -2.23. The lowest BCUT2D eigenvalue weighted by atomic mass is 9.96. The molecule has 174 valence electrons. The van der Waals surface area contributed by atoms with Gasteiger partial charge in [0.25, 0.3) is 0 Å². The fourth-order valence-corrected chi connectivity index (χ4v) is 8.14. The van der Waals surface area contributed by atoms with E-state index >= 15 is 0 Å². The van der Waals surface area contributed by atoms with E-state index in [4.69, 9.17) is 12.2 Å². The molecule has 2 aromatic rings. The lowest BCUT2D eigenvalue weighted by molar-refractivity contribution is 0.156. The molecule has 1 saturated carbocycles. The third kappa shape index (κ3) is 5.56. The number of H-pyrrole nitrogens is 1. The number of sulfonamides is 1. The van der Waals surface area contributed by atoms with E-state index in [2.05, 4.69) is 9.71 Å². The normalized spacial score (nSPS) is 16.4. The number of nitrogens with one attached hydrogen (secondary N) is 2. The van der Waals surface area contributed by atoms with Gasteiger partial charge in [0.15, 0.2) is 4.77 Å². The van der Waals surface area contributed by atoms with Crippen LogP contribution in [0.25, 0.3) is 11.3 Å². The highest BCUT2D eigenvalue weighted by molar-refractivity contribution is 14.2. The quantitative estimate of drug-likeness (QED) is 0.335. The summed E-state index contributed by atoms with van der Waals surface area (Å²) in [6.07, 6.45) is 4.75. The molecule has 1 heterocycles. The topological polar surface area (TPSA) is 111 Å². The molecule has 1 aromatic carbocycles. The summed E-state index contributed by atoms with van der Waals surface area (Å²) in [5, 5.41) is 20.0. The molecule has 0 saturated heterocycles. The Balaban J connectivity index is 2.12. The van der Waals surface area contributed by atoms with Crippen LogP contribution in [0.3, 0.4) is 0 Å². The first-order valence-electron chi connectivity index (χ1n) is 10.5. The smallest absolute Gasteiger partial charge is 0.242 e. The van der Waals surface area contributed by atoms with Gasteiger partial charge in [-0.05, 0) is 64.9 Å². The molecule has 0 atom stereocenters. The average molecular weight is 589 g/mol. The Morgan fingerprint density at radius 2 is 2.00 bits per heavy atom. The zero-order valence-corrected chi connectivity index (χ0v) is 22.5. The third-order valence-corrected chi connectivity index (χ3v) is 11.3. The first-order chi connectivity index (χ1) is 14.9. The van der Waals surface area contributed by atoms with Gasteiger partial charge in [-0.25, -0.2) is 13.1 Å². The zero-order valence-electron chi connectivity index (χ0n) is 18.7. The van der Waals surface area contributed by atoms with E-state index in [1.807, 2.05) is 22.7 Å². The summed E-state index contributed by atoms with van der Waals surface area (Å²) in [4.78, 5) is 3.15. The van der Waals surface area contributed by atoms with E-state index in [0.29, 0.717) is 10.3 Å². The van der Waals surface area contributed by atoms with Crippen LogP contribution >= 0.6 is 33.2 Å². The number of benzene rings is 1. The number of hydrogen-bond donors (Lipinski definition) is 3. The van der Waals surface area contributed by atoms with Crippen LogP contribution < -0.4 is 4.72 Å². The van der Waals surface area contributed by atoms with E-state index in [1.54, 1.807) is 32.0 Å². The second kappa shape index (κ2) is 9.85. The van der Waals surface area contributed by atoms with Gasteiger partial charge in [-0.3, -0.25) is 2.78 Å². The van der Waals surface area contributed by atoms with Crippen molar-refractivity contribution in [2.24, 2.45) is 0 Å². The van der Waals surface area contributed by atoms with E-state index < -0.39 is 36.6 Å². The van der Waals surface area contributed by atoms with Crippen molar-refractivity contribution in [1.29, 1.82) is 5.26 Å². The molecule has 0 unspecified atom stereocenters. The van der Waals surface area contributed by atoms with Crippen molar-refractivity contribution in [3.8, 4) is 17.3 Å². The maximum absolute atomic E-state index is 13.2. The standard InChI is InChI=1S/C22H29IN4O3S2/c1-14-20(27(21(31)25-14)23-15(2)22(3,4)28)16-10-11-17(13-24)19(12-16)32(29,30)26-18-8-6-5-7-9-18/h10-12,18,26,28H,5-9H2,1-4H3,(H,25,31). The van der Waals surface area contributed by atoms with Crippen LogP contribution in [-0.2, 0) is 10.0 Å². The van der Waals surface area contributed by atoms with Gasteiger partial charge in [0.1, 0.15) is 11.0 Å². The molecule has 1 aliphatic carbocycles. The molecule has 1 aromatic heterocycles. The van der Waals surface area contributed by atoms with Gasteiger partial charge >= 0.3 is 0 Å². The SMILES string of the molecule is CC(=In1c(-c2ccc(C#N)c(S(=O)(=O)NC3CCCCC3)c2)c(C)[nH]c1=S)C(C)(C)O. The van der Waals surface area contributed by atoms with Crippen molar-refractivity contribution in [3.63, 3.8) is 0 Å². The van der Waals surface area contributed by atoms with E-state index in [1.165, 1.54) is 0 Å². The Morgan fingerprint density at radius 3 is 2.59 bits per heavy atom. The Labute approximate surface area is 205 Å². The maximum Gasteiger partial charge on any atom is 0.242 e. The van der Waals surface area contributed by atoms with Crippen LogP contribution in [0.4, 0.5) is 0 Å². The summed E-state index contributed by atoms with van der Waals surface area (Å²) < 4.78 is 32.7. The monoisotopic (exact) mass is 588 g/mol. The van der Waals surface area contributed by atoms with Crippen LogP contribution in [0.1, 0.15) is 64.1 Å². The predicted molar refractivity (Wildman–Crippen MR) is 138 cm³/mol. The molecule has 32 heavy (non-hydrogen) atoms. The average Bonchev–Trinajstić information content (AvgIpc) is 3.00. The minimum absolute atomic E-state index is 0.0115. The summed E-state index contributed by atoms with van der Waals surface area (Å²) >= 11 is 4.70. The number of halogens is 1. The second-order valence-electron chi connectivity index (χ2n) is 8.64.